The zero-order valence-corrected chi connectivity index (χ0v) is 13.6. The summed E-state index contributed by atoms with van der Waals surface area (Å²) in [6.45, 7) is 4.79. The van der Waals surface area contributed by atoms with Gasteiger partial charge in [0, 0.05) is 11.9 Å². The number of thiazole rings is 1. The number of alkyl halides is 2. The van der Waals surface area contributed by atoms with E-state index in [0.29, 0.717) is 18.2 Å². The van der Waals surface area contributed by atoms with Crippen LogP contribution in [0.4, 0.5) is 0 Å². The molecule has 0 unspecified atom stereocenters. The van der Waals surface area contributed by atoms with Crippen LogP contribution in [0.1, 0.15) is 35.8 Å². The molecule has 0 fully saturated rings. The largest absolute Gasteiger partial charge is 0.461 e. The van der Waals surface area contributed by atoms with Crippen molar-refractivity contribution in [3.63, 3.8) is 0 Å². The van der Waals surface area contributed by atoms with E-state index in [4.69, 9.17) is 27.9 Å². The third kappa shape index (κ3) is 4.92. The van der Waals surface area contributed by atoms with E-state index in [9.17, 15) is 9.59 Å². The molecule has 0 saturated carbocycles. The molecule has 0 aromatic carbocycles. The van der Waals surface area contributed by atoms with Crippen molar-refractivity contribution in [1.29, 1.82) is 0 Å². The predicted molar refractivity (Wildman–Crippen MR) is 79.3 cm³/mol. The van der Waals surface area contributed by atoms with E-state index in [0.717, 1.165) is 6.42 Å². The molecule has 20 heavy (non-hydrogen) atoms. The lowest BCUT2D eigenvalue weighted by atomic mass is 10.4. The number of halogens is 2. The lowest BCUT2D eigenvalue weighted by Gasteiger charge is -2.21. The minimum absolute atomic E-state index is 0.254. The van der Waals surface area contributed by atoms with Crippen LogP contribution >= 0.6 is 34.5 Å². The van der Waals surface area contributed by atoms with E-state index in [-0.39, 0.29) is 18.1 Å². The standard InChI is InChI=1S/C12H16Cl2N2O3S/c1-3-5-16(11(17)10(13)14)6-9-15-8(7-20-9)12(18)19-4-2/h7,10H,3-6H2,1-2H3. The smallest absolute Gasteiger partial charge is 0.357 e. The molecule has 0 atom stereocenters. The number of rotatable bonds is 7. The molecule has 0 radical (unpaired) electrons. The maximum Gasteiger partial charge on any atom is 0.357 e. The maximum absolute atomic E-state index is 11.8. The van der Waals surface area contributed by atoms with Gasteiger partial charge in [0.15, 0.2) is 10.5 Å². The number of esters is 1. The second-order valence-electron chi connectivity index (χ2n) is 3.91. The molecule has 0 bridgehead atoms. The molecule has 0 saturated heterocycles. The summed E-state index contributed by atoms with van der Waals surface area (Å²) >= 11 is 12.5. The Balaban J connectivity index is 2.74. The van der Waals surface area contributed by atoms with E-state index in [1.807, 2.05) is 6.92 Å². The van der Waals surface area contributed by atoms with Crippen LogP contribution in [0.2, 0.25) is 0 Å². The van der Waals surface area contributed by atoms with Crippen LogP contribution < -0.4 is 0 Å². The number of hydrogen-bond donors (Lipinski definition) is 0. The number of hydrogen-bond acceptors (Lipinski definition) is 5. The highest BCUT2D eigenvalue weighted by atomic mass is 35.5. The van der Waals surface area contributed by atoms with Crippen LogP contribution in [0.25, 0.3) is 0 Å². The van der Waals surface area contributed by atoms with E-state index in [1.54, 1.807) is 12.3 Å². The lowest BCUT2D eigenvalue weighted by molar-refractivity contribution is -0.130. The second-order valence-corrected chi connectivity index (χ2v) is 5.95. The molecule has 112 valence electrons. The lowest BCUT2D eigenvalue weighted by Crippen LogP contribution is -2.35. The van der Waals surface area contributed by atoms with Crippen LogP contribution in [-0.4, -0.2) is 39.7 Å². The molecule has 1 aromatic rings. The minimum atomic E-state index is -1.09. The molecule has 0 spiro atoms. The summed E-state index contributed by atoms with van der Waals surface area (Å²) in [5, 5.41) is 2.25. The fraction of sp³-hybridized carbons (Fsp3) is 0.583. The number of amides is 1. The van der Waals surface area contributed by atoms with E-state index >= 15 is 0 Å². The molecule has 1 rings (SSSR count). The van der Waals surface area contributed by atoms with Gasteiger partial charge in [0.1, 0.15) is 5.01 Å². The highest BCUT2D eigenvalue weighted by Gasteiger charge is 2.21. The zero-order valence-electron chi connectivity index (χ0n) is 11.3. The Morgan fingerprint density at radius 2 is 2.15 bits per heavy atom. The molecule has 0 aliphatic rings. The highest BCUT2D eigenvalue weighted by Crippen LogP contribution is 2.16. The van der Waals surface area contributed by atoms with Gasteiger partial charge in [-0.25, -0.2) is 9.78 Å². The third-order valence-corrected chi connectivity index (χ3v) is 3.56. The quantitative estimate of drug-likeness (QED) is 0.566. The van der Waals surface area contributed by atoms with Gasteiger partial charge in [-0.2, -0.15) is 0 Å². The maximum atomic E-state index is 11.8. The normalized spacial score (nSPS) is 10.7. The van der Waals surface area contributed by atoms with Gasteiger partial charge in [-0.1, -0.05) is 30.1 Å². The predicted octanol–water partition coefficient (Wildman–Crippen LogP) is 2.86. The molecule has 8 heteroatoms. The first-order valence-corrected chi connectivity index (χ1v) is 7.93. The average molecular weight is 339 g/mol. The van der Waals surface area contributed by atoms with Crippen LogP contribution in [0.15, 0.2) is 5.38 Å². The van der Waals surface area contributed by atoms with Crippen LogP contribution in [-0.2, 0) is 16.1 Å². The number of ether oxygens (including phenoxy) is 1. The molecule has 1 aromatic heterocycles. The van der Waals surface area contributed by atoms with Crippen molar-refractivity contribution in [2.24, 2.45) is 0 Å². The minimum Gasteiger partial charge on any atom is -0.461 e. The van der Waals surface area contributed by atoms with E-state index < -0.39 is 10.8 Å². The van der Waals surface area contributed by atoms with Crippen LogP contribution in [0.3, 0.4) is 0 Å². The Bertz CT molecular complexity index is 465. The van der Waals surface area contributed by atoms with Crippen molar-refractivity contribution in [3.05, 3.63) is 16.1 Å². The Labute approximate surface area is 131 Å². The summed E-state index contributed by atoms with van der Waals surface area (Å²) in [4.78, 5) is 27.9. The first-order valence-electron chi connectivity index (χ1n) is 6.18. The fourth-order valence-corrected chi connectivity index (χ4v) is 2.57. The topological polar surface area (TPSA) is 59.5 Å². The van der Waals surface area contributed by atoms with Crippen molar-refractivity contribution in [2.45, 2.75) is 31.6 Å². The Hall–Kier alpha value is -0.850. The highest BCUT2D eigenvalue weighted by molar-refractivity contribution is 7.09. The van der Waals surface area contributed by atoms with E-state index in [2.05, 4.69) is 4.98 Å². The summed E-state index contributed by atoms with van der Waals surface area (Å²) in [6.07, 6.45) is 0.780. The zero-order chi connectivity index (χ0) is 15.1. The van der Waals surface area contributed by atoms with Gasteiger partial charge in [-0.15, -0.1) is 11.3 Å². The Kier molecular flexibility index (Phi) is 7.26. The molecule has 1 amide bonds. The molecule has 1 heterocycles. The first kappa shape index (κ1) is 17.2. The van der Waals surface area contributed by atoms with Gasteiger partial charge in [-0.3, -0.25) is 4.79 Å². The summed E-state index contributed by atoms with van der Waals surface area (Å²) in [5.41, 5.74) is 0.254. The SMILES string of the molecule is CCCN(Cc1nc(C(=O)OCC)cs1)C(=O)C(Cl)Cl. The van der Waals surface area contributed by atoms with Gasteiger partial charge in [-0.05, 0) is 13.3 Å². The third-order valence-electron chi connectivity index (χ3n) is 2.35. The second kappa shape index (κ2) is 8.44. The van der Waals surface area contributed by atoms with Crippen molar-refractivity contribution in [3.8, 4) is 0 Å². The average Bonchev–Trinajstić information content (AvgIpc) is 2.86. The van der Waals surface area contributed by atoms with Crippen molar-refractivity contribution in [2.75, 3.05) is 13.2 Å². The van der Waals surface area contributed by atoms with Gasteiger partial charge in [0.25, 0.3) is 5.91 Å². The van der Waals surface area contributed by atoms with Gasteiger partial charge in [0.2, 0.25) is 0 Å². The molecule has 0 aliphatic carbocycles. The molecule has 0 aliphatic heterocycles. The van der Waals surface area contributed by atoms with Gasteiger partial charge in [0.05, 0.1) is 13.2 Å². The summed E-state index contributed by atoms with van der Waals surface area (Å²) in [7, 11) is 0. The molecule has 5 nitrogen and oxygen atoms in total. The van der Waals surface area contributed by atoms with Crippen molar-refractivity contribution in [1.82, 2.24) is 9.88 Å². The van der Waals surface area contributed by atoms with Crippen molar-refractivity contribution >= 4 is 46.4 Å². The van der Waals surface area contributed by atoms with Gasteiger partial charge >= 0.3 is 5.97 Å². The molecular weight excluding hydrogens is 323 g/mol. The monoisotopic (exact) mass is 338 g/mol. The number of nitrogens with zero attached hydrogens (tertiary/aromatic N) is 2. The first-order chi connectivity index (χ1) is 9.49. The number of aromatic nitrogens is 1. The molecule has 0 N–H and O–H groups in total. The summed E-state index contributed by atoms with van der Waals surface area (Å²) in [5.74, 6) is -0.820. The van der Waals surface area contributed by atoms with Crippen LogP contribution in [0.5, 0.6) is 0 Å². The Morgan fingerprint density at radius 1 is 1.45 bits per heavy atom. The summed E-state index contributed by atoms with van der Waals surface area (Å²) < 4.78 is 4.86. The number of carbonyl (C=O) groups excluding carboxylic acids is 2. The Morgan fingerprint density at radius 3 is 2.70 bits per heavy atom. The van der Waals surface area contributed by atoms with Crippen LogP contribution in [0, 0.1) is 0 Å². The van der Waals surface area contributed by atoms with Crippen molar-refractivity contribution < 1.29 is 14.3 Å². The number of carbonyl (C=O) groups is 2. The summed E-state index contributed by atoms with van der Waals surface area (Å²) in [6, 6.07) is 0. The fourth-order valence-electron chi connectivity index (χ4n) is 1.52. The van der Waals surface area contributed by atoms with Gasteiger partial charge < -0.3 is 9.64 Å². The van der Waals surface area contributed by atoms with E-state index in [1.165, 1.54) is 16.2 Å². The molecular formula is C12H16Cl2N2O3S.